The quantitative estimate of drug-likeness (QED) is 0.597. The summed E-state index contributed by atoms with van der Waals surface area (Å²) in [6.45, 7) is 0. The van der Waals surface area contributed by atoms with Crippen LogP contribution in [0, 0.1) is 0 Å². The summed E-state index contributed by atoms with van der Waals surface area (Å²) in [5.41, 5.74) is 1.94. The lowest BCUT2D eigenvalue weighted by atomic mass is 10.3. The highest BCUT2D eigenvalue weighted by Crippen LogP contribution is 2.33. The number of fused-ring (bicyclic) bond motifs is 2. The molecule has 6 heteroatoms. The molecule has 2 aromatic heterocycles. The highest BCUT2D eigenvalue weighted by molar-refractivity contribution is 7.24. The van der Waals surface area contributed by atoms with Gasteiger partial charge in [0.1, 0.15) is 5.75 Å². The predicted octanol–water partition coefficient (Wildman–Crippen LogP) is 4.66. The van der Waals surface area contributed by atoms with E-state index in [0.29, 0.717) is 0 Å². The van der Waals surface area contributed by atoms with Gasteiger partial charge in [-0.3, -0.25) is 0 Å². The molecule has 104 valence electrons. The molecule has 0 aliphatic carbocycles. The van der Waals surface area contributed by atoms with Gasteiger partial charge in [-0.1, -0.05) is 34.8 Å². The Hall–Kier alpha value is -2.18. The maximum absolute atomic E-state index is 5.22. The van der Waals surface area contributed by atoms with Crippen LogP contribution in [-0.4, -0.2) is 17.1 Å². The second kappa shape index (κ2) is 4.98. The third-order valence-corrected chi connectivity index (χ3v) is 5.01. The van der Waals surface area contributed by atoms with Crippen molar-refractivity contribution in [3.8, 4) is 5.75 Å². The highest BCUT2D eigenvalue weighted by Gasteiger charge is 2.08. The summed E-state index contributed by atoms with van der Waals surface area (Å²) in [6, 6.07) is 14.0. The summed E-state index contributed by atoms with van der Waals surface area (Å²) in [5.74, 6) is 0.819. The van der Waals surface area contributed by atoms with E-state index in [1.807, 2.05) is 36.4 Å². The molecular weight excluding hydrogens is 302 g/mol. The number of anilines is 2. The third kappa shape index (κ3) is 2.32. The average Bonchev–Trinajstić information content (AvgIpc) is 3.08. The van der Waals surface area contributed by atoms with Crippen LogP contribution in [0.25, 0.3) is 20.4 Å². The first-order chi connectivity index (χ1) is 10.3. The van der Waals surface area contributed by atoms with Gasteiger partial charge in [-0.2, -0.15) is 0 Å². The van der Waals surface area contributed by atoms with Gasteiger partial charge in [-0.25, -0.2) is 9.97 Å². The minimum absolute atomic E-state index is 0.819. The number of thiazole rings is 2. The highest BCUT2D eigenvalue weighted by atomic mass is 32.1. The molecule has 2 heterocycles. The van der Waals surface area contributed by atoms with Crippen LogP contribution in [0.3, 0.4) is 0 Å². The number of para-hydroxylation sites is 1. The Morgan fingerprint density at radius 1 is 0.905 bits per heavy atom. The number of benzene rings is 2. The maximum atomic E-state index is 5.22. The minimum atomic E-state index is 0.819. The Morgan fingerprint density at radius 3 is 2.38 bits per heavy atom. The average molecular weight is 313 g/mol. The van der Waals surface area contributed by atoms with E-state index in [-0.39, 0.29) is 0 Å². The van der Waals surface area contributed by atoms with E-state index in [4.69, 9.17) is 4.74 Å². The van der Waals surface area contributed by atoms with Crippen LogP contribution in [0.4, 0.5) is 10.3 Å². The molecule has 0 aliphatic heterocycles. The van der Waals surface area contributed by atoms with E-state index in [1.165, 1.54) is 4.70 Å². The Balaban J connectivity index is 1.69. The second-order valence-corrected chi connectivity index (χ2v) is 6.53. The van der Waals surface area contributed by atoms with Crippen molar-refractivity contribution in [3.63, 3.8) is 0 Å². The number of methoxy groups -OCH3 is 1. The lowest BCUT2D eigenvalue weighted by molar-refractivity contribution is 0.415. The predicted molar refractivity (Wildman–Crippen MR) is 89.1 cm³/mol. The Kier molecular flexibility index (Phi) is 2.98. The largest absolute Gasteiger partial charge is 0.497 e. The summed E-state index contributed by atoms with van der Waals surface area (Å²) in [7, 11) is 1.66. The van der Waals surface area contributed by atoms with Crippen molar-refractivity contribution < 1.29 is 4.74 Å². The first-order valence-corrected chi connectivity index (χ1v) is 8.02. The van der Waals surface area contributed by atoms with Crippen LogP contribution in [0.2, 0.25) is 0 Å². The number of nitrogens with zero attached hydrogens (tertiary/aromatic N) is 2. The summed E-state index contributed by atoms with van der Waals surface area (Å²) in [6.07, 6.45) is 0. The van der Waals surface area contributed by atoms with E-state index in [0.717, 1.165) is 31.7 Å². The zero-order valence-electron chi connectivity index (χ0n) is 11.2. The number of nitrogens with one attached hydrogen (secondary N) is 1. The second-order valence-electron chi connectivity index (χ2n) is 4.46. The van der Waals surface area contributed by atoms with E-state index >= 15 is 0 Å². The molecule has 4 nitrogen and oxygen atoms in total. The maximum Gasteiger partial charge on any atom is 0.190 e. The molecule has 4 aromatic rings. The number of ether oxygens (including phenoxy) is 1. The molecule has 1 N–H and O–H groups in total. The van der Waals surface area contributed by atoms with Gasteiger partial charge in [0.05, 0.1) is 27.5 Å². The fraction of sp³-hybridized carbons (Fsp3) is 0.0667. The molecule has 0 spiro atoms. The number of aromatic nitrogens is 2. The van der Waals surface area contributed by atoms with Crippen LogP contribution in [0.15, 0.2) is 42.5 Å². The van der Waals surface area contributed by atoms with Crippen molar-refractivity contribution in [1.29, 1.82) is 0 Å². The van der Waals surface area contributed by atoms with E-state index in [1.54, 1.807) is 29.8 Å². The fourth-order valence-corrected chi connectivity index (χ4v) is 3.88. The zero-order valence-corrected chi connectivity index (χ0v) is 12.8. The number of hydrogen-bond acceptors (Lipinski definition) is 6. The van der Waals surface area contributed by atoms with E-state index in [2.05, 4.69) is 21.4 Å². The SMILES string of the molecule is COc1ccc2sc(Nc3nc4ccccc4s3)nc2c1. The Bertz CT molecular complexity index is 896. The monoisotopic (exact) mass is 313 g/mol. The van der Waals surface area contributed by atoms with Gasteiger partial charge in [0, 0.05) is 6.07 Å². The summed E-state index contributed by atoms with van der Waals surface area (Å²) in [5, 5.41) is 5.00. The zero-order chi connectivity index (χ0) is 14.2. The standard InChI is InChI=1S/C15H11N3OS2/c1-19-9-6-7-13-11(8-9)17-15(21-13)18-14-16-10-4-2-3-5-12(10)20-14/h2-8H,1H3,(H,16,17,18). The lowest BCUT2D eigenvalue weighted by Crippen LogP contribution is -1.87. The van der Waals surface area contributed by atoms with Gasteiger partial charge in [0.25, 0.3) is 0 Å². The molecule has 21 heavy (non-hydrogen) atoms. The van der Waals surface area contributed by atoms with Crippen molar-refractivity contribution in [2.75, 3.05) is 12.4 Å². The lowest BCUT2D eigenvalue weighted by Gasteiger charge is -1.96. The van der Waals surface area contributed by atoms with Gasteiger partial charge in [0.15, 0.2) is 10.3 Å². The van der Waals surface area contributed by atoms with Crippen LogP contribution < -0.4 is 10.1 Å². The Labute approximate surface area is 129 Å². The number of hydrogen-bond donors (Lipinski definition) is 1. The molecule has 0 amide bonds. The molecule has 0 radical (unpaired) electrons. The molecule has 0 bridgehead atoms. The number of rotatable bonds is 3. The smallest absolute Gasteiger partial charge is 0.190 e. The minimum Gasteiger partial charge on any atom is -0.497 e. The molecule has 0 saturated carbocycles. The van der Waals surface area contributed by atoms with Gasteiger partial charge in [-0.05, 0) is 24.3 Å². The van der Waals surface area contributed by atoms with Crippen molar-refractivity contribution in [2.45, 2.75) is 0 Å². The van der Waals surface area contributed by atoms with Gasteiger partial charge >= 0.3 is 0 Å². The van der Waals surface area contributed by atoms with Crippen molar-refractivity contribution in [3.05, 3.63) is 42.5 Å². The molecule has 2 aromatic carbocycles. The van der Waals surface area contributed by atoms with Gasteiger partial charge < -0.3 is 10.1 Å². The van der Waals surface area contributed by atoms with Crippen molar-refractivity contribution in [1.82, 2.24) is 9.97 Å². The van der Waals surface area contributed by atoms with Crippen LogP contribution >= 0.6 is 22.7 Å². The summed E-state index contributed by atoms with van der Waals surface area (Å²) >= 11 is 3.24. The third-order valence-electron chi connectivity index (χ3n) is 3.10. The van der Waals surface area contributed by atoms with E-state index in [9.17, 15) is 0 Å². The molecule has 4 rings (SSSR count). The first kappa shape index (κ1) is 12.6. The van der Waals surface area contributed by atoms with Crippen molar-refractivity contribution >= 4 is 53.4 Å². The molecular formula is C15H11N3OS2. The van der Waals surface area contributed by atoms with Crippen molar-refractivity contribution in [2.24, 2.45) is 0 Å². The summed E-state index contributed by atoms with van der Waals surface area (Å²) < 4.78 is 7.52. The molecule has 0 atom stereocenters. The van der Waals surface area contributed by atoms with Crippen LogP contribution in [0.1, 0.15) is 0 Å². The topological polar surface area (TPSA) is 47.0 Å². The molecule has 0 unspecified atom stereocenters. The van der Waals surface area contributed by atoms with Gasteiger partial charge in [0.2, 0.25) is 0 Å². The first-order valence-electron chi connectivity index (χ1n) is 6.39. The van der Waals surface area contributed by atoms with E-state index < -0.39 is 0 Å². The summed E-state index contributed by atoms with van der Waals surface area (Å²) in [4.78, 5) is 9.14. The molecule has 0 fully saturated rings. The fourth-order valence-electron chi connectivity index (χ4n) is 2.10. The van der Waals surface area contributed by atoms with Crippen LogP contribution in [0.5, 0.6) is 5.75 Å². The Morgan fingerprint density at radius 2 is 1.62 bits per heavy atom. The van der Waals surface area contributed by atoms with Crippen LogP contribution in [-0.2, 0) is 0 Å². The molecule has 0 saturated heterocycles. The van der Waals surface area contributed by atoms with Gasteiger partial charge in [-0.15, -0.1) is 0 Å². The molecule has 0 aliphatic rings. The normalized spacial score (nSPS) is 11.1.